The lowest BCUT2D eigenvalue weighted by atomic mass is 9.81. The summed E-state index contributed by atoms with van der Waals surface area (Å²) in [4.78, 5) is 168. The van der Waals surface area contributed by atoms with Crippen LogP contribution in [0.2, 0.25) is 0 Å². The lowest BCUT2D eigenvalue weighted by Gasteiger charge is -2.28. The number of nitrogens with two attached hydrogens (primary N) is 3. The van der Waals surface area contributed by atoms with E-state index in [2.05, 4.69) is 58.2 Å². The zero-order valence-corrected chi connectivity index (χ0v) is 55.2. The van der Waals surface area contributed by atoms with Gasteiger partial charge in [0.1, 0.15) is 49.0 Å². The van der Waals surface area contributed by atoms with Crippen molar-refractivity contribution in [2.45, 2.75) is 131 Å². The third-order valence-electron chi connectivity index (χ3n) is 15.5. The normalized spacial score (nSPS) is 23.2. The molecule has 0 unspecified atom stereocenters. The maximum Gasteiger partial charge on any atom is 0.305 e. The molecule has 1 aromatic heterocycles. The molecule has 3 aliphatic rings. The number of aromatic nitrogens is 1. The Morgan fingerprint density at radius 2 is 1.28 bits per heavy atom. The van der Waals surface area contributed by atoms with Crippen molar-refractivity contribution in [1.29, 1.82) is 0 Å². The smallest absolute Gasteiger partial charge is 0.305 e. The van der Waals surface area contributed by atoms with Gasteiger partial charge < -0.3 is 85.7 Å². The fraction of sp³-hybridized carbons (Fsp3) is 0.517. The third kappa shape index (κ3) is 25.3. The number of nitrogens with zero attached hydrogens (tertiary/aromatic N) is 2. The summed E-state index contributed by atoms with van der Waals surface area (Å²) in [6.07, 6.45) is 1.68. The zero-order chi connectivity index (χ0) is 69.0. The predicted molar refractivity (Wildman–Crippen MR) is 355 cm³/mol. The molecular formula is C60H82FN15O15S4. The van der Waals surface area contributed by atoms with Gasteiger partial charge in [0.05, 0.1) is 23.6 Å². The van der Waals surface area contributed by atoms with Gasteiger partial charge in [0.25, 0.3) is 5.91 Å². The highest BCUT2D eigenvalue weighted by Crippen LogP contribution is 2.38. The van der Waals surface area contributed by atoms with Crippen molar-refractivity contribution < 1.29 is 77.2 Å². The second kappa shape index (κ2) is 38.8. The number of halogens is 1. The molecule has 3 heterocycles. The van der Waals surface area contributed by atoms with Crippen LogP contribution in [0, 0.1) is 11.8 Å². The van der Waals surface area contributed by atoms with Gasteiger partial charge in [0.2, 0.25) is 65.0 Å². The summed E-state index contributed by atoms with van der Waals surface area (Å²) in [5.41, 5.74) is 18.1. The number of aliphatic imine (C=N–C) groups is 1. The highest BCUT2D eigenvalue weighted by molar-refractivity contribution is 8.76. The molecule has 19 N–H and O–H groups in total. The number of rotatable bonds is 23. The number of guanidine groups is 1. The zero-order valence-electron chi connectivity index (χ0n) is 51.9. The van der Waals surface area contributed by atoms with E-state index in [0.717, 1.165) is 33.3 Å². The van der Waals surface area contributed by atoms with Gasteiger partial charge in [-0.05, 0) is 87.0 Å². The van der Waals surface area contributed by atoms with Crippen LogP contribution in [0.25, 0.3) is 0 Å². The molecule has 1 saturated carbocycles. The number of nitrogens with one attached hydrogen (secondary N) is 10. The van der Waals surface area contributed by atoms with Gasteiger partial charge in [0, 0.05) is 73.2 Å². The number of carboxylic acids is 1. The molecule has 0 spiro atoms. The fourth-order valence-electron chi connectivity index (χ4n) is 10.3. The summed E-state index contributed by atoms with van der Waals surface area (Å²) >= 11 is 2.13. The van der Waals surface area contributed by atoms with Gasteiger partial charge in [-0.3, -0.25) is 67.1 Å². The minimum Gasteiger partial charge on any atom is -0.494 e. The highest BCUT2D eigenvalue weighted by atomic mass is 33.1. The number of hydrogen-bond acceptors (Lipinski definition) is 19. The number of hydrogen-bond donors (Lipinski definition) is 16. The molecule has 3 aromatic rings. The molecule has 2 aliphatic heterocycles. The number of aromatic hydroxyl groups is 2. The predicted octanol–water partition coefficient (Wildman–Crippen LogP) is -1.11. The van der Waals surface area contributed by atoms with Crippen LogP contribution in [-0.4, -0.2) is 194 Å². The van der Waals surface area contributed by atoms with Gasteiger partial charge in [-0.1, -0.05) is 64.1 Å². The Labute approximate surface area is 563 Å². The van der Waals surface area contributed by atoms with Crippen molar-refractivity contribution in [3.05, 3.63) is 77.4 Å². The van der Waals surface area contributed by atoms with E-state index in [9.17, 15) is 77.2 Å². The molecule has 2 bridgehead atoms. The first-order valence-corrected chi connectivity index (χ1v) is 35.4. The fourth-order valence-corrected chi connectivity index (χ4v) is 14.4. The lowest BCUT2D eigenvalue weighted by molar-refractivity contribution is -0.141. The van der Waals surface area contributed by atoms with E-state index in [-0.39, 0.29) is 116 Å². The van der Waals surface area contributed by atoms with E-state index < -0.39 is 121 Å². The van der Waals surface area contributed by atoms with Crippen LogP contribution in [0.1, 0.15) is 85.7 Å². The standard InChI is InChI=1S/C60H82FN15O15S4/c61-26-34-11-15-36(16-12-34)52(84)66-21-22-93-45-25-48(79)76(59(45)91)28-35-13-17-37(18-14-35)51(83)65-19-5-4-9-39-54(86)74-43-30-94-95-31-44(58(90)72-40(23-33-7-2-1-3-8-33)55(87)73-42(50(62)82)29-92-32-47(78)69-39)75-56(88)41(24-49(80)81)70-46(77)27-68-53(85)38(71-57(43)89)10-6-20-67-60(63)64/h1-3,7-8,11-12,15-16,25,35,37-44,79,91H,4-6,9-10,13-14,17-24,26-32H2,(H2,62,82)(H,65,83)(H,66,84)(H,68,85)(H,69,78)(H,70,77)(H,71,89)(H,72,90)(H,73,87)(H,74,86)(H,75,88)(H,80,81)(H4,63,64,67)/t35?,37?,38-,39-,40-,41-,42-,43-,44-/m0/s1/i61-1. The molecule has 0 radical (unpaired) electrons. The van der Waals surface area contributed by atoms with Gasteiger partial charge in [-0.2, -0.15) is 0 Å². The number of fused-ring (bicyclic) bond motifs is 5. The minimum absolute atomic E-state index is 0.00849. The lowest BCUT2D eigenvalue weighted by Crippen LogP contribution is -2.59. The summed E-state index contributed by atoms with van der Waals surface area (Å²) in [7, 11) is 1.84. The number of benzene rings is 2. The van der Waals surface area contributed by atoms with Crippen molar-refractivity contribution in [2.24, 2.45) is 34.0 Å². The van der Waals surface area contributed by atoms with Crippen LogP contribution < -0.4 is 70.4 Å². The quantitative estimate of drug-likeness (QED) is 0.0176. The molecule has 6 rings (SSSR count). The van der Waals surface area contributed by atoms with E-state index in [0.29, 0.717) is 66.0 Å². The van der Waals surface area contributed by atoms with Crippen molar-refractivity contribution in [2.75, 3.05) is 54.9 Å². The molecule has 2 aromatic carbocycles. The van der Waals surface area contributed by atoms with Crippen molar-refractivity contribution in [3.63, 3.8) is 0 Å². The van der Waals surface area contributed by atoms with E-state index in [1.165, 1.54) is 46.7 Å². The minimum atomic E-state index is -1.81. The highest BCUT2D eigenvalue weighted by Gasteiger charge is 2.36. The first-order chi connectivity index (χ1) is 45.5. The van der Waals surface area contributed by atoms with Crippen LogP contribution >= 0.6 is 45.1 Å². The van der Waals surface area contributed by atoms with E-state index in [1.54, 1.807) is 30.3 Å². The molecule has 1 aliphatic carbocycles. The molecule has 35 heteroatoms. The van der Waals surface area contributed by atoms with E-state index >= 15 is 0 Å². The SMILES string of the molecule is NC(=O)[C@@H]1CSCC(=O)N[C@@H](CCCCNC(=O)C2CCC(Cn3c(O)cc(SCCNC(=O)c4ccc(C[18F])cc4)c3O)CC2)C(=O)N[C@H]2CSSC[C@H](NC(=O)[C@H](CC(=O)O)NC(=O)CNC(=O)[C@H](CCCN=C(N)N)NC2=O)C(=O)N[C@@H](Cc2ccccc2)C(=O)N1. The summed E-state index contributed by atoms with van der Waals surface area (Å²) in [5, 5.41) is 57.6. The van der Waals surface area contributed by atoms with Crippen molar-refractivity contribution in [3.8, 4) is 11.8 Å². The summed E-state index contributed by atoms with van der Waals surface area (Å²) in [5.74, 6) is -12.1. The topological polar surface area (TPSA) is 481 Å². The monoisotopic (exact) mass is 1400 g/mol. The number of aliphatic carboxylic acids is 1. The van der Waals surface area contributed by atoms with E-state index in [1.807, 2.05) is 0 Å². The second-order valence-electron chi connectivity index (χ2n) is 22.7. The third-order valence-corrected chi connectivity index (χ3v) is 20.0. The maximum absolute atomic E-state index is 14.5. The summed E-state index contributed by atoms with van der Waals surface area (Å²) in [6.45, 7) is -0.723. The number of alkyl halides is 1. The number of carbonyl (C=O) groups excluding carboxylic acids is 11. The molecule has 2 saturated heterocycles. The summed E-state index contributed by atoms with van der Waals surface area (Å²) < 4.78 is 14.3. The molecule has 7 atom stereocenters. The Morgan fingerprint density at radius 3 is 1.93 bits per heavy atom. The van der Waals surface area contributed by atoms with Crippen molar-refractivity contribution >= 4 is 122 Å². The van der Waals surface area contributed by atoms with Crippen molar-refractivity contribution in [1.82, 2.24) is 57.7 Å². The van der Waals surface area contributed by atoms with Gasteiger partial charge >= 0.3 is 5.97 Å². The Morgan fingerprint density at radius 1 is 0.663 bits per heavy atom. The largest absolute Gasteiger partial charge is 0.494 e. The number of thioether (sulfide) groups is 2. The van der Waals surface area contributed by atoms with Crippen LogP contribution in [0.5, 0.6) is 11.8 Å². The molecule has 30 nitrogen and oxygen atoms in total. The van der Waals surface area contributed by atoms with Gasteiger partial charge in [-0.15, -0.1) is 23.5 Å². The molecular weight excluding hydrogens is 1320 g/mol. The number of amides is 11. The van der Waals surface area contributed by atoms with Crippen LogP contribution in [0.15, 0.2) is 70.6 Å². The van der Waals surface area contributed by atoms with Crippen LogP contribution in [0.4, 0.5) is 4.39 Å². The van der Waals surface area contributed by atoms with Gasteiger partial charge in [0.15, 0.2) is 11.8 Å². The Hall–Kier alpha value is -8.44. The number of carbonyl (C=O) groups is 12. The average Bonchev–Trinajstić information content (AvgIpc) is 1.72. The van der Waals surface area contributed by atoms with Gasteiger partial charge in [-0.25, -0.2) is 4.39 Å². The molecule has 3 fully saturated rings. The first-order valence-electron chi connectivity index (χ1n) is 30.7. The second-order valence-corrected chi connectivity index (χ2v) is 27.4. The molecule has 518 valence electrons. The molecule has 95 heavy (non-hydrogen) atoms. The molecule has 11 amide bonds. The number of unbranched alkanes of at least 4 members (excludes halogenated alkanes) is 1. The summed E-state index contributed by atoms with van der Waals surface area (Å²) in [6, 6.07) is 5.55. The maximum atomic E-state index is 14.5. The van der Waals surface area contributed by atoms with E-state index in [4.69, 9.17) is 17.2 Å². The Bertz CT molecular complexity index is 3210. The Balaban J connectivity index is 1.14. The number of primary amides is 1. The first kappa shape index (κ1) is 75.6. The van der Waals surface area contributed by atoms with Crippen LogP contribution in [0.3, 0.4) is 0 Å². The number of carboxylic acid groups (broad SMARTS) is 1. The average molecular weight is 1400 g/mol. The van der Waals surface area contributed by atoms with Crippen LogP contribution in [-0.2, 0) is 72.4 Å². The Kier molecular flexibility index (Phi) is 30.9.